The number of amides is 2. The van der Waals surface area contributed by atoms with Gasteiger partial charge in [0.05, 0.1) is 13.2 Å². The highest BCUT2D eigenvalue weighted by Gasteiger charge is 2.29. The molecule has 0 radical (unpaired) electrons. The van der Waals surface area contributed by atoms with Crippen molar-refractivity contribution in [2.24, 2.45) is 5.73 Å². The smallest absolute Gasteiger partial charge is 0.247 e. The van der Waals surface area contributed by atoms with Gasteiger partial charge in [0, 0.05) is 25.7 Å². The first-order valence-electron chi connectivity index (χ1n) is 7.00. The maximum atomic E-state index is 12.3. The van der Waals surface area contributed by atoms with Crippen molar-refractivity contribution < 1.29 is 14.3 Å². The van der Waals surface area contributed by atoms with E-state index >= 15 is 0 Å². The van der Waals surface area contributed by atoms with Crippen molar-refractivity contribution in [1.82, 2.24) is 9.80 Å². The fraction of sp³-hybridized carbons (Fsp3) is 0.846. The SMILES string of the molecule is CC1CCCCN1C(=O)CN1CCOC(C(N)=O)C1. The van der Waals surface area contributed by atoms with Gasteiger partial charge in [0.1, 0.15) is 6.10 Å². The number of hydrogen-bond acceptors (Lipinski definition) is 4. The Balaban J connectivity index is 1.86. The molecule has 2 aliphatic rings. The highest BCUT2D eigenvalue weighted by molar-refractivity contribution is 5.80. The lowest BCUT2D eigenvalue weighted by Gasteiger charge is -2.36. The van der Waals surface area contributed by atoms with Gasteiger partial charge in [-0.3, -0.25) is 14.5 Å². The lowest BCUT2D eigenvalue weighted by Crippen LogP contribution is -2.53. The van der Waals surface area contributed by atoms with Crippen LogP contribution in [0.2, 0.25) is 0 Å². The Labute approximate surface area is 113 Å². The lowest BCUT2D eigenvalue weighted by molar-refractivity contribution is -0.142. The quantitative estimate of drug-likeness (QED) is 0.754. The van der Waals surface area contributed by atoms with E-state index in [2.05, 4.69) is 6.92 Å². The molecule has 6 nitrogen and oxygen atoms in total. The summed E-state index contributed by atoms with van der Waals surface area (Å²) in [6.45, 7) is 4.86. The molecular formula is C13H23N3O3. The monoisotopic (exact) mass is 269 g/mol. The van der Waals surface area contributed by atoms with Crippen LogP contribution in [-0.2, 0) is 14.3 Å². The van der Waals surface area contributed by atoms with E-state index in [0.29, 0.717) is 32.3 Å². The van der Waals surface area contributed by atoms with Crippen LogP contribution in [0.25, 0.3) is 0 Å². The van der Waals surface area contributed by atoms with Gasteiger partial charge in [0.15, 0.2) is 0 Å². The Kier molecular flexibility index (Phi) is 4.76. The molecule has 0 bridgehead atoms. The van der Waals surface area contributed by atoms with E-state index in [1.165, 1.54) is 6.42 Å². The summed E-state index contributed by atoms with van der Waals surface area (Å²) in [5, 5.41) is 0. The summed E-state index contributed by atoms with van der Waals surface area (Å²) in [5.74, 6) is -0.305. The maximum Gasteiger partial charge on any atom is 0.247 e. The number of carbonyl (C=O) groups is 2. The molecule has 0 aromatic carbocycles. The van der Waals surface area contributed by atoms with E-state index in [-0.39, 0.29) is 5.91 Å². The summed E-state index contributed by atoms with van der Waals surface area (Å²) in [6, 6.07) is 0.328. The van der Waals surface area contributed by atoms with E-state index in [0.717, 1.165) is 19.4 Å². The van der Waals surface area contributed by atoms with E-state index in [4.69, 9.17) is 10.5 Å². The van der Waals surface area contributed by atoms with Gasteiger partial charge < -0.3 is 15.4 Å². The first-order valence-corrected chi connectivity index (χ1v) is 7.00. The zero-order valence-electron chi connectivity index (χ0n) is 11.5. The van der Waals surface area contributed by atoms with Gasteiger partial charge in [-0.25, -0.2) is 0 Å². The molecule has 2 N–H and O–H groups in total. The molecule has 108 valence electrons. The molecule has 2 heterocycles. The number of piperidine rings is 1. The summed E-state index contributed by atoms with van der Waals surface area (Å²) >= 11 is 0. The number of primary amides is 1. The van der Waals surface area contributed by atoms with Crippen molar-refractivity contribution in [1.29, 1.82) is 0 Å². The Morgan fingerprint density at radius 3 is 2.79 bits per heavy atom. The van der Waals surface area contributed by atoms with Crippen LogP contribution in [-0.4, -0.2) is 66.5 Å². The molecule has 2 aliphatic heterocycles. The Bertz CT molecular complexity index is 348. The Morgan fingerprint density at radius 1 is 1.32 bits per heavy atom. The van der Waals surface area contributed by atoms with Crippen LogP contribution in [0.4, 0.5) is 0 Å². The van der Waals surface area contributed by atoms with Crippen molar-refractivity contribution in [2.75, 3.05) is 32.8 Å². The number of morpholine rings is 1. The first kappa shape index (κ1) is 14.3. The molecule has 2 rings (SSSR count). The van der Waals surface area contributed by atoms with Crippen LogP contribution < -0.4 is 5.73 Å². The molecule has 0 saturated carbocycles. The largest absolute Gasteiger partial charge is 0.367 e. The van der Waals surface area contributed by atoms with Crippen molar-refractivity contribution in [3.05, 3.63) is 0 Å². The molecule has 0 aliphatic carbocycles. The average Bonchev–Trinajstić information content (AvgIpc) is 2.39. The fourth-order valence-electron chi connectivity index (χ4n) is 2.77. The first-order chi connectivity index (χ1) is 9.08. The third-order valence-electron chi connectivity index (χ3n) is 3.95. The minimum atomic E-state index is -0.583. The van der Waals surface area contributed by atoms with Crippen LogP contribution in [0, 0.1) is 0 Å². The molecular weight excluding hydrogens is 246 g/mol. The molecule has 2 atom stereocenters. The number of ether oxygens (including phenoxy) is 1. The van der Waals surface area contributed by atoms with Crippen molar-refractivity contribution in [2.45, 2.75) is 38.3 Å². The van der Waals surface area contributed by atoms with Gasteiger partial charge in [-0.1, -0.05) is 0 Å². The number of likely N-dealkylation sites (tertiary alicyclic amines) is 1. The molecule has 2 unspecified atom stereocenters. The van der Waals surface area contributed by atoms with Crippen molar-refractivity contribution in [3.8, 4) is 0 Å². The molecule has 2 amide bonds. The third-order valence-corrected chi connectivity index (χ3v) is 3.95. The van der Waals surface area contributed by atoms with Crippen LogP contribution in [0.5, 0.6) is 0 Å². The Hall–Kier alpha value is -1.14. The summed E-state index contributed by atoms with van der Waals surface area (Å²) in [4.78, 5) is 27.3. The predicted molar refractivity (Wildman–Crippen MR) is 70.4 cm³/mol. The highest BCUT2D eigenvalue weighted by atomic mass is 16.5. The molecule has 0 aromatic heterocycles. The zero-order chi connectivity index (χ0) is 13.8. The fourth-order valence-corrected chi connectivity index (χ4v) is 2.77. The topological polar surface area (TPSA) is 75.9 Å². The van der Waals surface area contributed by atoms with Crippen molar-refractivity contribution in [3.63, 3.8) is 0 Å². The van der Waals surface area contributed by atoms with E-state index in [1.807, 2.05) is 9.80 Å². The molecule has 2 fully saturated rings. The number of nitrogens with zero attached hydrogens (tertiary/aromatic N) is 2. The van der Waals surface area contributed by atoms with Crippen LogP contribution in [0.3, 0.4) is 0 Å². The van der Waals surface area contributed by atoms with Gasteiger partial charge >= 0.3 is 0 Å². The maximum absolute atomic E-state index is 12.3. The van der Waals surface area contributed by atoms with E-state index < -0.39 is 12.0 Å². The zero-order valence-corrected chi connectivity index (χ0v) is 11.5. The van der Waals surface area contributed by atoms with E-state index in [1.54, 1.807) is 0 Å². The molecule has 2 saturated heterocycles. The number of hydrogen-bond donors (Lipinski definition) is 1. The number of carbonyl (C=O) groups excluding carboxylic acids is 2. The van der Waals surface area contributed by atoms with E-state index in [9.17, 15) is 9.59 Å². The van der Waals surface area contributed by atoms with Gasteiger partial charge in [0.25, 0.3) is 0 Å². The second-order valence-electron chi connectivity index (χ2n) is 5.43. The third kappa shape index (κ3) is 3.67. The molecule has 6 heteroatoms. The second-order valence-corrected chi connectivity index (χ2v) is 5.43. The summed E-state index contributed by atoms with van der Waals surface area (Å²) < 4.78 is 5.28. The second kappa shape index (κ2) is 6.34. The molecule has 0 spiro atoms. The van der Waals surface area contributed by atoms with Crippen molar-refractivity contribution >= 4 is 11.8 Å². The standard InChI is InChI=1S/C13H23N3O3/c1-10-4-2-3-5-16(10)12(17)9-15-6-7-19-11(8-15)13(14)18/h10-11H,2-9H2,1H3,(H2,14,18). The average molecular weight is 269 g/mol. The van der Waals surface area contributed by atoms with Gasteiger partial charge in [0.2, 0.25) is 11.8 Å². The summed E-state index contributed by atoms with van der Waals surface area (Å²) in [7, 11) is 0. The summed E-state index contributed by atoms with van der Waals surface area (Å²) in [6.07, 6.45) is 2.79. The normalized spacial score (nSPS) is 29.2. The number of nitrogens with two attached hydrogens (primary N) is 1. The van der Waals surface area contributed by atoms with Gasteiger partial charge in [-0.05, 0) is 26.2 Å². The molecule has 19 heavy (non-hydrogen) atoms. The summed E-state index contributed by atoms with van der Waals surface area (Å²) in [5.41, 5.74) is 5.24. The van der Waals surface area contributed by atoms with Crippen LogP contribution in [0.1, 0.15) is 26.2 Å². The lowest BCUT2D eigenvalue weighted by atomic mass is 10.0. The minimum Gasteiger partial charge on any atom is -0.367 e. The van der Waals surface area contributed by atoms with Crippen LogP contribution in [0.15, 0.2) is 0 Å². The highest BCUT2D eigenvalue weighted by Crippen LogP contribution is 2.17. The minimum absolute atomic E-state index is 0.150. The molecule has 0 aromatic rings. The Morgan fingerprint density at radius 2 is 2.11 bits per heavy atom. The van der Waals surface area contributed by atoms with Gasteiger partial charge in [-0.2, -0.15) is 0 Å². The predicted octanol–water partition coefficient (Wildman–Crippen LogP) is -0.426. The van der Waals surface area contributed by atoms with Crippen LogP contribution >= 0.6 is 0 Å². The van der Waals surface area contributed by atoms with Gasteiger partial charge in [-0.15, -0.1) is 0 Å². The number of rotatable bonds is 3.